The maximum Gasteiger partial charge on any atom is 0.264 e. The van der Waals surface area contributed by atoms with Crippen LogP contribution in [-0.2, 0) is 19.6 Å². The number of carbonyl (C=O) groups excluding carboxylic acids is 1. The molecule has 8 heteroatoms. The highest BCUT2D eigenvalue weighted by Crippen LogP contribution is 2.32. The lowest BCUT2D eigenvalue weighted by molar-refractivity contribution is -0.130. The molecule has 1 saturated carbocycles. The van der Waals surface area contributed by atoms with Crippen molar-refractivity contribution in [3.05, 3.63) is 18.2 Å². The molecule has 0 aromatic heterocycles. The van der Waals surface area contributed by atoms with Gasteiger partial charge in [-0.25, -0.2) is 13.1 Å². The van der Waals surface area contributed by atoms with Gasteiger partial charge in [0.25, 0.3) is 15.9 Å². The predicted molar refractivity (Wildman–Crippen MR) is 85.5 cm³/mol. The third kappa shape index (κ3) is 4.18. The molecule has 1 aromatic rings. The van der Waals surface area contributed by atoms with Crippen LogP contribution in [0.25, 0.3) is 0 Å². The molecule has 1 heterocycles. The molecule has 7 nitrogen and oxygen atoms in total. The van der Waals surface area contributed by atoms with E-state index in [1.165, 1.54) is 18.2 Å². The number of ether oxygens (including phenoxy) is 3. The fraction of sp³-hybridized carbons (Fsp3) is 0.562. The summed E-state index contributed by atoms with van der Waals surface area (Å²) >= 11 is 0. The summed E-state index contributed by atoms with van der Waals surface area (Å²) in [7, 11) is -3.99. The Morgan fingerprint density at radius 3 is 2.71 bits per heavy atom. The van der Waals surface area contributed by atoms with E-state index < -0.39 is 22.0 Å². The summed E-state index contributed by atoms with van der Waals surface area (Å²) in [5.41, 5.74) is 0. The molecule has 1 aliphatic heterocycles. The molecule has 1 aliphatic carbocycles. The van der Waals surface area contributed by atoms with Crippen molar-refractivity contribution in [2.75, 3.05) is 19.8 Å². The van der Waals surface area contributed by atoms with Crippen LogP contribution in [-0.4, -0.2) is 40.2 Å². The summed E-state index contributed by atoms with van der Waals surface area (Å²) in [6, 6.07) is 4.29. The molecule has 132 valence electrons. The first kappa shape index (κ1) is 17.0. The smallest absolute Gasteiger partial charge is 0.264 e. The van der Waals surface area contributed by atoms with Crippen LogP contribution in [0.3, 0.4) is 0 Å². The number of sulfonamides is 1. The largest absolute Gasteiger partial charge is 0.490 e. The Bertz CT molecular complexity index is 713. The molecule has 1 aromatic carbocycles. The van der Waals surface area contributed by atoms with Crippen molar-refractivity contribution in [2.24, 2.45) is 5.92 Å². The van der Waals surface area contributed by atoms with Crippen LogP contribution in [0, 0.1) is 5.92 Å². The third-order valence-electron chi connectivity index (χ3n) is 3.91. The van der Waals surface area contributed by atoms with Gasteiger partial charge >= 0.3 is 0 Å². The maximum absolute atomic E-state index is 12.4. The summed E-state index contributed by atoms with van der Waals surface area (Å²) in [6.45, 7) is 3.00. The highest BCUT2D eigenvalue weighted by molar-refractivity contribution is 7.90. The van der Waals surface area contributed by atoms with Gasteiger partial charge in [0.05, 0.1) is 24.7 Å². The molecule has 1 atom stereocenters. The van der Waals surface area contributed by atoms with Gasteiger partial charge in [-0.05, 0) is 37.8 Å². The average molecular weight is 355 g/mol. The van der Waals surface area contributed by atoms with Gasteiger partial charge in [-0.15, -0.1) is 0 Å². The number of carbonyl (C=O) groups is 1. The topological polar surface area (TPSA) is 90.9 Å². The number of rotatable bonds is 6. The van der Waals surface area contributed by atoms with Gasteiger partial charge in [-0.3, -0.25) is 4.79 Å². The van der Waals surface area contributed by atoms with Crippen molar-refractivity contribution in [3.8, 4) is 11.5 Å². The minimum Gasteiger partial charge on any atom is -0.490 e. The van der Waals surface area contributed by atoms with E-state index in [0.717, 1.165) is 19.3 Å². The van der Waals surface area contributed by atoms with Crippen molar-refractivity contribution in [2.45, 2.75) is 37.2 Å². The zero-order valence-electron chi connectivity index (χ0n) is 13.5. The molecule has 24 heavy (non-hydrogen) atoms. The Morgan fingerprint density at radius 2 is 2.00 bits per heavy atom. The zero-order chi connectivity index (χ0) is 17.2. The summed E-state index contributed by atoms with van der Waals surface area (Å²) < 4.78 is 43.2. The zero-order valence-corrected chi connectivity index (χ0v) is 14.3. The summed E-state index contributed by atoms with van der Waals surface area (Å²) in [6.07, 6.45) is 2.11. The van der Waals surface area contributed by atoms with Crippen LogP contribution in [0.1, 0.15) is 26.2 Å². The molecule has 0 unspecified atom stereocenters. The molecular formula is C16H21NO6S. The second-order valence-corrected chi connectivity index (χ2v) is 7.73. The molecule has 1 fully saturated rings. The third-order valence-corrected chi connectivity index (χ3v) is 5.26. The van der Waals surface area contributed by atoms with Gasteiger partial charge in [0.1, 0.15) is 6.10 Å². The number of nitrogens with one attached hydrogen (secondary N) is 1. The van der Waals surface area contributed by atoms with E-state index in [1.54, 1.807) is 6.92 Å². The summed E-state index contributed by atoms with van der Waals surface area (Å²) in [5.74, 6) is 0.682. The lowest BCUT2D eigenvalue weighted by atomic mass is 10.3. The molecule has 0 bridgehead atoms. The molecule has 1 amide bonds. The van der Waals surface area contributed by atoms with Crippen LogP contribution in [0.4, 0.5) is 0 Å². The van der Waals surface area contributed by atoms with E-state index in [2.05, 4.69) is 4.72 Å². The Labute approximate surface area is 141 Å². The number of hydrogen-bond donors (Lipinski definition) is 1. The number of amides is 1. The molecule has 3 rings (SSSR count). The maximum atomic E-state index is 12.4. The van der Waals surface area contributed by atoms with E-state index >= 15 is 0 Å². The monoisotopic (exact) mass is 355 g/mol. The van der Waals surface area contributed by atoms with Crippen molar-refractivity contribution in [1.29, 1.82) is 0 Å². The van der Waals surface area contributed by atoms with E-state index in [9.17, 15) is 13.2 Å². The Morgan fingerprint density at radius 1 is 1.29 bits per heavy atom. The van der Waals surface area contributed by atoms with E-state index in [0.29, 0.717) is 37.2 Å². The van der Waals surface area contributed by atoms with Crippen LogP contribution in [0.15, 0.2) is 23.1 Å². The first-order valence-electron chi connectivity index (χ1n) is 8.03. The standard InChI is InChI=1S/C16H21NO6S/c1-11(23-10-12-3-4-12)16(18)17-24(19,20)13-5-6-14-15(9-13)22-8-2-7-21-14/h5-6,9,11-12H,2-4,7-8,10H2,1H3,(H,17,18)/t11-/m0/s1. The highest BCUT2D eigenvalue weighted by atomic mass is 32.2. The first-order chi connectivity index (χ1) is 11.5. The van der Waals surface area contributed by atoms with Crippen LogP contribution in [0.5, 0.6) is 11.5 Å². The Hall–Kier alpha value is -1.80. The average Bonchev–Trinajstić information content (AvgIpc) is 3.38. The van der Waals surface area contributed by atoms with Crippen LogP contribution in [0.2, 0.25) is 0 Å². The number of benzene rings is 1. The van der Waals surface area contributed by atoms with Gasteiger partial charge in [0.15, 0.2) is 11.5 Å². The minimum absolute atomic E-state index is 0.0468. The van der Waals surface area contributed by atoms with Crippen molar-refractivity contribution in [1.82, 2.24) is 4.72 Å². The lowest BCUT2D eigenvalue weighted by Crippen LogP contribution is -2.38. The second-order valence-electron chi connectivity index (χ2n) is 6.05. The molecule has 0 radical (unpaired) electrons. The van der Waals surface area contributed by atoms with Crippen LogP contribution < -0.4 is 14.2 Å². The molecule has 0 saturated heterocycles. The number of hydrogen-bond acceptors (Lipinski definition) is 6. The van der Waals surface area contributed by atoms with E-state index in [4.69, 9.17) is 14.2 Å². The van der Waals surface area contributed by atoms with Gasteiger partial charge in [-0.1, -0.05) is 0 Å². The Kier molecular flexibility index (Phi) is 4.96. The van der Waals surface area contributed by atoms with Crippen LogP contribution >= 0.6 is 0 Å². The fourth-order valence-corrected chi connectivity index (χ4v) is 3.28. The lowest BCUT2D eigenvalue weighted by Gasteiger charge is -2.14. The van der Waals surface area contributed by atoms with Crippen molar-refractivity contribution < 1.29 is 27.4 Å². The summed E-state index contributed by atoms with van der Waals surface area (Å²) in [5, 5.41) is 0. The van der Waals surface area contributed by atoms with Gasteiger partial charge in [0, 0.05) is 12.5 Å². The molecule has 2 aliphatic rings. The number of fused-ring (bicyclic) bond motifs is 1. The molecule has 1 N–H and O–H groups in total. The highest BCUT2D eigenvalue weighted by Gasteiger charge is 2.27. The minimum atomic E-state index is -3.99. The quantitative estimate of drug-likeness (QED) is 0.831. The van der Waals surface area contributed by atoms with E-state index in [-0.39, 0.29) is 4.90 Å². The van der Waals surface area contributed by atoms with Gasteiger partial charge in [0.2, 0.25) is 0 Å². The summed E-state index contributed by atoms with van der Waals surface area (Å²) in [4.78, 5) is 12.0. The van der Waals surface area contributed by atoms with Gasteiger partial charge in [-0.2, -0.15) is 0 Å². The van der Waals surface area contributed by atoms with Gasteiger partial charge < -0.3 is 14.2 Å². The molecular weight excluding hydrogens is 334 g/mol. The van der Waals surface area contributed by atoms with E-state index in [1.807, 2.05) is 0 Å². The Balaban J connectivity index is 1.67. The van der Waals surface area contributed by atoms with Crippen molar-refractivity contribution >= 4 is 15.9 Å². The molecule has 0 spiro atoms. The fourth-order valence-electron chi connectivity index (χ4n) is 2.23. The second kappa shape index (κ2) is 6.98. The first-order valence-corrected chi connectivity index (χ1v) is 9.52. The van der Waals surface area contributed by atoms with Crippen molar-refractivity contribution in [3.63, 3.8) is 0 Å². The SMILES string of the molecule is C[C@H](OCC1CC1)C(=O)NS(=O)(=O)c1ccc2c(c1)OCCCO2. The predicted octanol–water partition coefficient (Wildman–Crippen LogP) is 1.47. The normalized spacial score (nSPS) is 18.5.